The zero-order valence-electron chi connectivity index (χ0n) is 36.7. The highest BCUT2D eigenvalue weighted by molar-refractivity contribution is 6.35. The van der Waals surface area contributed by atoms with E-state index in [0.29, 0.717) is 33.6 Å². The Morgan fingerprint density at radius 3 is 1.14 bits per heavy atom. The summed E-state index contributed by atoms with van der Waals surface area (Å²) in [5.41, 5.74) is 10.7. The number of carbonyl (C=O) groups excluding carboxylic acids is 6. The third-order valence-electron chi connectivity index (χ3n) is 13.5. The number of amides is 4. The number of benzene rings is 8. The van der Waals surface area contributed by atoms with Crippen LogP contribution in [0.2, 0.25) is 0 Å². The Bertz CT molecular complexity index is 3390. The number of hydrogen-bond donors (Lipinski definition) is 0. The van der Waals surface area contributed by atoms with Crippen LogP contribution in [0.1, 0.15) is 107 Å². The number of Topliss-reactive ketones (excluding diaryl/α,β-unsaturated/α-hetero) is 2. The zero-order valence-corrected chi connectivity index (χ0v) is 36.7. The standard InChI is InChI=1S/C61H36N2O6/c1-3-37-17-27-45(28-18-37)62-57(66)49-31-21-41(35-51(49)59(62)68)55(64)33-39-13-23-43(24-14-39)61(53-11-7-5-9-47(53)48-10-6-8-12-54(48)61)44-25-15-40(16-26-44)34-56(65)42-22-32-50-52(36-42)60(69)63(58(50)67)46-29-19-38(4-2)20-30-46/h1-2,5-32,35-36H,33-34H2. The van der Waals surface area contributed by atoms with E-state index < -0.39 is 29.0 Å². The molecule has 0 unspecified atom stereocenters. The van der Waals surface area contributed by atoms with Crippen molar-refractivity contribution in [3.8, 4) is 35.8 Å². The molecular weight excluding hydrogens is 857 g/mol. The maximum Gasteiger partial charge on any atom is 0.266 e. The number of rotatable bonds is 10. The maximum absolute atomic E-state index is 13.9. The van der Waals surface area contributed by atoms with Crippen molar-refractivity contribution in [1.29, 1.82) is 0 Å². The van der Waals surface area contributed by atoms with Gasteiger partial charge < -0.3 is 0 Å². The molecule has 8 nitrogen and oxygen atoms in total. The van der Waals surface area contributed by atoms with E-state index in [4.69, 9.17) is 12.8 Å². The third-order valence-corrected chi connectivity index (χ3v) is 13.5. The minimum Gasteiger partial charge on any atom is -0.294 e. The Labute approximate surface area is 397 Å². The second-order valence-corrected chi connectivity index (χ2v) is 17.2. The van der Waals surface area contributed by atoms with E-state index >= 15 is 0 Å². The summed E-state index contributed by atoms with van der Waals surface area (Å²) in [6, 6.07) is 55.2. The lowest BCUT2D eigenvalue weighted by molar-refractivity contribution is 0.0910. The van der Waals surface area contributed by atoms with Gasteiger partial charge in [-0.25, -0.2) is 9.80 Å². The number of anilines is 2. The van der Waals surface area contributed by atoms with Crippen molar-refractivity contribution in [3.05, 3.63) is 260 Å². The van der Waals surface area contributed by atoms with Crippen LogP contribution in [-0.2, 0) is 18.3 Å². The average molecular weight is 893 g/mol. The SMILES string of the molecule is C#Cc1ccc(N2C(=O)c3ccc(C(=O)Cc4ccc(C5(c6ccc(CC(=O)c7ccc8c(c7)C(=O)N(c7ccc(C#C)cc7)C8=O)cc6)c6ccccc6-c6ccccc65)cc4)cc3C2=O)cc1. The first-order valence-electron chi connectivity index (χ1n) is 22.2. The summed E-state index contributed by atoms with van der Waals surface area (Å²) in [6.45, 7) is 0. The van der Waals surface area contributed by atoms with Gasteiger partial charge in [0.25, 0.3) is 23.6 Å². The van der Waals surface area contributed by atoms with E-state index in [9.17, 15) is 28.8 Å². The fourth-order valence-corrected chi connectivity index (χ4v) is 10.1. The fourth-order valence-electron chi connectivity index (χ4n) is 10.1. The third kappa shape index (κ3) is 6.74. The van der Waals surface area contributed by atoms with Crippen LogP contribution in [0.15, 0.2) is 182 Å². The number of carbonyl (C=O) groups is 6. The molecule has 8 aromatic carbocycles. The molecule has 4 amide bonds. The summed E-state index contributed by atoms with van der Waals surface area (Å²) in [7, 11) is 0. The first-order chi connectivity index (χ1) is 33.6. The van der Waals surface area contributed by atoms with Gasteiger partial charge in [0.2, 0.25) is 0 Å². The molecule has 1 aliphatic carbocycles. The summed E-state index contributed by atoms with van der Waals surface area (Å²) in [4.78, 5) is 83.6. The molecule has 326 valence electrons. The molecule has 0 saturated carbocycles. The van der Waals surface area contributed by atoms with E-state index in [1.165, 1.54) is 24.3 Å². The van der Waals surface area contributed by atoms with Gasteiger partial charge in [0.15, 0.2) is 11.6 Å². The molecule has 8 aromatic rings. The van der Waals surface area contributed by atoms with Gasteiger partial charge >= 0.3 is 0 Å². The topological polar surface area (TPSA) is 109 Å². The summed E-state index contributed by atoms with van der Waals surface area (Å²) < 4.78 is 0. The van der Waals surface area contributed by atoms with Crippen molar-refractivity contribution < 1.29 is 28.8 Å². The van der Waals surface area contributed by atoms with Gasteiger partial charge in [-0.3, -0.25) is 28.8 Å². The molecule has 69 heavy (non-hydrogen) atoms. The summed E-state index contributed by atoms with van der Waals surface area (Å²) in [6.07, 6.45) is 11.1. The number of imide groups is 2. The average Bonchev–Trinajstić information content (AvgIpc) is 3.94. The van der Waals surface area contributed by atoms with Gasteiger partial charge in [0.05, 0.1) is 39.0 Å². The highest BCUT2D eigenvalue weighted by atomic mass is 16.2. The largest absolute Gasteiger partial charge is 0.294 e. The molecule has 0 fully saturated rings. The lowest BCUT2D eigenvalue weighted by Crippen LogP contribution is -2.29. The van der Waals surface area contributed by atoms with Crippen LogP contribution in [0.5, 0.6) is 0 Å². The van der Waals surface area contributed by atoms with E-state index in [1.54, 1.807) is 60.7 Å². The van der Waals surface area contributed by atoms with Crippen LogP contribution in [0.3, 0.4) is 0 Å². The van der Waals surface area contributed by atoms with E-state index in [1.807, 2.05) is 48.5 Å². The molecule has 2 heterocycles. The minimum atomic E-state index is -0.752. The predicted octanol–water partition coefficient (Wildman–Crippen LogP) is 10.5. The first-order valence-corrected chi connectivity index (χ1v) is 22.2. The van der Waals surface area contributed by atoms with Crippen LogP contribution >= 0.6 is 0 Å². The highest BCUT2D eigenvalue weighted by Gasteiger charge is 2.46. The summed E-state index contributed by atoms with van der Waals surface area (Å²) in [5, 5.41) is 0. The highest BCUT2D eigenvalue weighted by Crippen LogP contribution is 2.56. The van der Waals surface area contributed by atoms with E-state index in [-0.39, 0.29) is 46.7 Å². The van der Waals surface area contributed by atoms with Gasteiger partial charge in [-0.05, 0) is 117 Å². The van der Waals surface area contributed by atoms with Crippen LogP contribution in [0.25, 0.3) is 11.1 Å². The van der Waals surface area contributed by atoms with Crippen LogP contribution in [0, 0.1) is 24.7 Å². The Morgan fingerprint density at radius 1 is 0.406 bits per heavy atom. The first kappa shape index (κ1) is 42.2. The summed E-state index contributed by atoms with van der Waals surface area (Å²) >= 11 is 0. The van der Waals surface area contributed by atoms with E-state index in [0.717, 1.165) is 54.3 Å². The monoisotopic (exact) mass is 892 g/mol. The number of ketones is 2. The molecular formula is C61H36N2O6. The summed E-state index contributed by atoms with van der Waals surface area (Å²) in [5.74, 6) is 2.73. The number of fused-ring (bicyclic) bond motifs is 5. The lowest BCUT2D eigenvalue weighted by Gasteiger charge is -2.34. The molecule has 3 aliphatic rings. The van der Waals surface area contributed by atoms with Crippen LogP contribution in [-0.4, -0.2) is 35.2 Å². The molecule has 0 spiro atoms. The Hall–Kier alpha value is -9.50. The Balaban J connectivity index is 0.863. The smallest absolute Gasteiger partial charge is 0.266 e. The normalized spacial score (nSPS) is 13.9. The van der Waals surface area contributed by atoms with Crippen molar-refractivity contribution in [2.24, 2.45) is 0 Å². The van der Waals surface area contributed by atoms with Crippen molar-refractivity contribution >= 4 is 46.6 Å². The maximum atomic E-state index is 13.9. The zero-order chi connectivity index (χ0) is 47.6. The van der Waals surface area contributed by atoms with E-state index in [2.05, 4.69) is 60.4 Å². The number of terminal acetylenes is 2. The second-order valence-electron chi connectivity index (χ2n) is 17.2. The Morgan fingerprint density at radius 2 is 0.768 bits per heavy atom. The molecule has 0 atom stereocenters. The predicted molar refractivity (Wildman–Crippen MR) is 264 cm³/mol. The molecule has 2 aliphatic heterocycles. The van der Waals surface area contributed by atoms with Crippen molar-refractivity contribution in [1.82, 2.24) is 0 Å². The lowest BCUT2D eigenvalue weighted by atomic mass is 9.67. The molecule has 0 bridgehead atoms. The van der Waals surface area contributed by atoms with Gasteiger partial charge in [0, 0.05) is 35.1 Å². The van der Waals surface area contributed by atoms with Gasteiger partial charge in [-0.15, -0.1) is 12.8 Å². The molecule has 11 rings (SSSR count). The van der Waals surface area contributed by atoms with Crippen molar-refractivity contribution in [3.63, 3.8) is 0 Å². The number of hydrogen-bond acceptors (Lipinski definition) is 6. The van der Waals surface area contributed by atoms with Crippen molar-refractivity contribution in [2.45, 2.75) is 18.3 Å². The molecule has 0 saturated heterocycles. The van der Waals surface area contributed by atoms with Crippen LogP contribution in [0.4, 0.5) is 11.4 Å². The molecule has 0 N–H and O–H groups in total. The number of nitrogens with zero attached hydrogens (tertiary/aromatic N) is 2. The second kappa shape index (κ2) is 16.4. The van der Waals surface area contributed by atoms with Gasteiger partial charge in [-0.2, -0.15) is 0 Å². The van der Waals surface area contributed by atoms with Crippen LogP contribution < -0.4 is 9.80 Å². The van der Waals surface area contributed by atoms with Gasteiger partial charge in [0.1, 0.15) is 0 Å². The quantitative estimate of drug-likeness (QED) is 0.0769. The fraction of sp³-hybridized carbons (Fsp3) is 0.0492. The molecule has 0 radical (unpaired) electrons. The minimum absolute atomic E-state index is 0.0647. The Kier molecular flexibility index (Phi) is 10.0. The molecule has 0 aromatic heterocycles. The van der Waals surface area contributed by atoms with Crippen molar-refractivity contribution in [2.75, 3.05) is 9.80 Å². The van der Waals surface area contributed by atoms with Gasteiger partial charge in [-0.1, -0.05) is 121 Å². The molecule has 8 heteroatoms.